The molecule has 0 spiro atoms. The van der Waals surface area contributed by atoms with Crippen molar-refractivity contribution in [3.05, 3.63) is 65.7 Å². The summed E-state index contributed by atoms with van der Waals surface area (Å²) in [6, 6.07) is 15.9. The van der Waals surface area contributed by atoms with Crippen LogP contribution in [0.3, 0.4) is 0 Å². The minimum absolute atomic E-state index is 0.216. The van der Waals surface area contributed by atoms with E-state index in [2.05, 4.69) is 4.40 Å². The molecule has 19 heavy (non-hydrogen) atoms. The highest BCUT2D eigenvalue weighted by atomic mass is 32.2. The summed E-state index contributed by atoms with van der Waals surface area (Å²) in [5.41, 5.74) is 2.31. The van der Waals surface area contributed by atoms with Gasteiger partial charge in [0.25, 0.3) is 10.0 Å². The number of rotatable bonds is 3. The van der Waals surface area contributed by atoms with Crippen molar-refractivity contribution in [3.63, 3.8) is 0 Å². The standard InChI is InChI=1S/C15H15NO2S/c1-12-8-10-15(11-9-12)19(17,18)16-13(2)14-6-4-3-5-7-14/h3-11H,1-2H3. The van der Waals surface area contributed by atoms with Gasteiger partial charge < -0.3 is 0 Å². The molecule has 0 aliphatic heterocycles. The number of hydrogen-bond donors (Lipinski definition) is 0. The molecule has 0 N–H and O–H groups in total. The van der Waals surface area contributed by atoms with E-state index in [1.807, 2.05) is 37.3 Å². The van der Waals surface area contributed by atoms with Crippen molar-refractivity contribution in [3.8, 4) is 0 Å². The summed E-state index contributed by atoms with van der Waals surface area (Å²) < 4.78 is 28.1. The van der Waals surface area contributed by atoms with Gasteiger partial charge in [-0.3, -0.25) is 0 Å². The van der Waals surface area contributed by atoms with Gasteiger partial charge in [0.15, 0.2) is 0 Å². The molecule has 0 fully saturated rings. The molecule has 0 aliphatic rings. The number of benzene rings is 2. The van der Waals surface area contributed by atoms with E-state index in [1.54, 1.807) is 31.2 Å². The second kappa shape index (κ2) is 5.36. The Morgan fingerprint density at radius 3 is 2.11 bits per heavy atom. The number of nitrogens with zero attached hydrogens (tertiary/aromatic N) is 1. The summed E-state index contributed by atoms with van der Waals surface area (Å²) in [6.45, 7) is 3.61. The van der Waals surface area contributed by atoms with Gasteiger partial charge in [0.05, 0.1) is 10.6 Å². The van der Waals surface area contributed by atoms with Crippen LogP contribution >= 0.6 is 0 Å². The first kappa shape index (κ1) is 13.5. The van der Waals surface area contributed by atoms with Crippen molar-refractivity contribution < 1.29 is 8.42 Å². The second-order valence-corrected chi connectivity index (χ2v) is 5.93. The SMILES string of the molecule is CC(=NS(=O)(=O)c1ccc(C)cc1)c1ccccc1. The minimum atomic E-state index is -3.64. The molecule has 2 rings (SSSR count). The summed E-state index contributed by atoms with van der Waals surface area (Å²) >= 11 is 0. The van der Waals surface area contributed by atoms with Crippen molar-refractivity contribution in [1.29, 1.82) is 0 Å². The van der Waals surface area contributed by atoms with Crippen molar-refractivity contribution in [2.75, 3.05) is 0 Å². The monoisotopic (exact) mass is 273 g/mol. The second-order valence-electron chi connectivity index (χ2n) is 4.33. The third-order valence-corrected chi connectivity index (χ3v) is 4.15. The van der Waals surface area contributed by atoms with E-state index >= 15 is 0 Å². The molecule has 4 heteroatoms. The fourth-order valence-electron chi connectivity index (χ4n) is 1.68. The zero-order chi connectivity index (χ0) is 13.9. The third kappa shape index (κ3) is 3.29. The van der Waals surface area contributed by atoms with Gasteiger partial charge in [0.1, 0.15) is 0 Å². The van der Waals surface area contributed by atoms with Crippen molar-refractivity contribution >= 4 is 15.7 Å². The predicted molar refractivity (Wildman–Crippen MR) is 77.0 cm³/mol. The van der Waals surface area contributed by atoms with Crippen LogP contribution in [0.4, 0.5) is 0 Å². The van der Waals surface area contributed by atoms with Crippen LogP contribution in [0.15, 0.2) is 63.9 Å². The van der Waals surface area contributed by atoms with Crippen molar-refractivity contribution in [1.82, 2.24) is 0 Å². The normalized spacial score (nSPS) is 12.4. The molecule has 0 saturated carbocycles. The van der Waals surface area contributed by atoms with Crippen molar-refractivity contribution in [2.24, 2.45) is 4.40 Å². The Labute approximate surface area is 113 Å². The van der Waals surface area contributed by atoms with E-state index in [9.17, 15) is 8.42 Å². The molecule has 3 nitrogen and oxygen atoms in total. The van der Waals surface area contributed by atoms with Crippen LogP contribution in [-0.2, 0) is 10.0 Å². The zero-order valence-electron chi connectivity index (χ0n) is 10.9. The molecule has 2 aromatic rings. The Kier molecular flexibility index (Phi) is 3.81. The maximum Gasteiger partial charge on any atom is 0.282 e. The van der Waals surface area contributed by atoms with Crippen LogP contribution in [-0.4, -0.2) is 14.1 Å². The lowest BCUT2D eigenvalue weighted by Gasteiger charge is -2.03. The van der Waals surface area contributed by atoms with Gasteiger partial charge in [-0.05, 0) is 31.5 Å². The molecule has 0 amide bonds. The largest absolute Gasteiger partial charge is 0.282 e. The topological polar surface area (TPSA) is 46.5 Å². The molecule has 0 aromatic heterocycles. The first-order valence-electron chi connectivity index (χ1n) is 5.93. The van der Waals surface area contributed by atoms with Crippen LogP contribution in [0.25, 0.3) is 0 Å². The maximum absolute atomic E-state index is 12.1. The Balaban J connectivity index is 2.39. The molecule has 0 heterocycles. The van der Waals surface area contributed by atoms with Gasteiger partial charge in [0, 0.05) is 0 Å². The number of hydrogen-bond acceptors (Lipinski definition) is 2. The molecule has 0 bridgehead atoms. The van der Waals surface area contributed by atoms with E-state index < -0.39 is 10.0 Å². The van der Waals surface area contributed by atoms with Crippen LogP contribution < -0.4 is 0 Å². The van der Waals surface area contributed by atoms with Gasteiger partial charge in [-0.2, -0.15) is 12.8 Å². The maximum atomic E-state index is 12.1. The average molecular weight is 273 g/mol. The molecule has 98 valence electrons. The van der Waals surface area contributed by atoms with E-state index in [0.29, 0.717) is 5.71 Å². The molecule has 0 radical (unpaired) electrons. The fraction of sp³-hybridized carbons (Fsp3) is 0.133. The van der Waals surface area contributed by atoms with Crippen LogP contribution in [0.2, 0.25) is 0 Å². The fourth-order valence-corrected chi connectivity index (χ4v) is 2.73. The molecular formula is C15H15NO2S. The van der Waals surface area contributed by atoms with Gasteiger partial charge in [0.2, 0.25) is 0 Å². The van der Waals surface area contributed by atoms with E-state index in [0.717, 1.165) is 11.1 Å². The quantitative estimate of drug-likeness (QED) is 0.806. The first-order chi connectivity index (χ1) is 8.99. The summed E-state index contributed by atoms with van der Waals surface area (Å²) in [7, 11) is -3.64. The summed E-state index contributed by atoms with van der Waals surface area (Å²) in [5, 5.41) is 0. The lowest BCUT2D eigenvalue weighted by molar-refractivity contribution is 0.598. The highest BCUT2D eigenvalue weighted by Crippen LogP contribution is 2.14. The number of sulfonamides is 1. The van der Waals surface area contributed by atoms with Crippen molar-refractivity contribution in [2.45, 2.75) is 18.7 Å². The Hall–Kier alpha value is -1.94. The Morgan fingerprint density at radius 2 is 1.53 bits per heavy atom. The van der Waals surface area contributed by atoms with Crippen LogP contribution in [0.1, 0.15) is 18.1 Å². The van der Waals surface area contributed by atoms with Crippen LogP contribution in [0, 0.1) is 6.92 Å². The number of aryl methyl sites for hydroxylation is 1. The van der Waals surface area contributed by atoms with Gasteiger partial charge in [-0.15, -0.1) is 0 Å². The summed E-state index contributed by atoms with van der Waals surface area (Å²) in [4.78, 5) is 0.216. The van der Waals surface area contributed by atoms with E-state index in [4.69, 9.17) is 0 Å². The molecule has 0 unspecified atom stereocenters. The van der Waals surface area contributed by atoms with Gasteiger partial charge in [-0.25, -0.2) is 0 Å². The van der Waals surface area contributed by atoms with E-state index in [-0.39, 0.29) is 4.90 Å². The van der Waals surface area contributed by atoms with E-state index in [1.165, 1.54) is 0 Å². The molecular weight excluding hydrogens is 258 g/mol. The molecule has 0 atom stereocenters. The third-order valence-electron chi connectivity index (χ3n) is 2.77. The molecule has 0 aliphatic carbocycles. The Morgan fingerprint density at radius 1 is 0.947 bits per heavy atom. The smallest absolute Gasteiger partial charge is 0.199 e. The lowest BCUT2D eigenvalue weighted by atomic mass is 10.1. The van der Waals surface area contributed by atoms with Gasteiger partial charge >= 0.3 is 0 Å². The Bertz CT molecular complexity index is 687. The molecule has 0 saturated heterocycles. The lowest BCUT2D eigenvalue weighted by Crippen LogP contribution is -2.03. The zero-order valence-corrected chi connectivity index (χ0v) is 11.7. The average Bonchev–Trinajstić information content (AvgIpc) is 2.40. The minimum Gasteiger partial charge on any atom is -0.199 e. The van der Waals surface area contributed by atoms with Crippen LogP contribution in [0.5, 0.6) is 0 Å². The highest BCUT2D eigenvalue weighted by Gasteiger charge is 2.13. The highest BCUT2D eigenvalue weighted by molar-refractivity contribution is 7.90. The first-order valence-corrected chi connectivity index (χ1v) is 7.37. The molecule has 2 aromatic carbocycles. The summed E-state index contributed by atoms with van der Waals surface area (Å²) in [5.74, 6) is 0. The van der Waals surface area contributed by atoms with Gasteiger partial charge in [-0.1, -0.05) is 48.0 Å². The predicted octanol–water partition coefficient (Wildman–Crippen LogP) is 3.19. The summed E-state index contributed by atoms with van der Waals surface area (Å²) in [6.07, 6.45) is 0.